The zero-order valence-corrected chi connectivity index (χ0v) is 7.93. The molecule has 1 saturated heterocycles. The van der Waals surface area contributed by atoms with E-state index in [4.69, 9.17) is 10.5 Å². The molecule has 1 atom stereocenters. The van der Waals surface area contributed by atoms with Crippen molar-refractivity contribution in [3.63, 3.8) is 0 Å². The standard InChI is InChI=1S/C10H12N2O2/c1-14-8-4-2-7(3-5-8)12-6-9(12)10(11)13/h2-5,9H,6H2,1H3,(H2,11,13). The largest absolute Gasteiger partial charge is 0.497 e. The van der Waals surface area contributed by atoms with Crippen molar-refractivity contribution in [3.05, 3.63) is 24.3 Å². The van der Waals surface area contributed by atoms with Gasteiger partial charge in [-0.05, 0) is 24.3 Å². The van der Waals surface area contributed by atoms with Crippen molar-refractivity contribution in [1.82, 2.24) is 0 Å². The number of methoxy groups -OCH3 is 1. The zero-order chi connectivity index (χ0) is 10.1. The van der Waals surface area contributed by atoms with Gasteiger partial charge in [-0.2, -0.15) is 0 Å². The average molecular weight is 192 g/mol. The van der Waals surface area contributed by atoms with E-state index >= 15 is 0 Å². The predicted molar refractivity (Wildman–Crippen MR) is 53.3 cm³/mol. The highest BCUT2D eigenvalue weighted by molar-refractivity contribution is 5.89. The minimum atomic E-state index is -0.263. The molecule has 74 valence electrons. The molecule has 0 bridgehead atoms. The molecule has 14 heavy (non-hydrogen) atoms. The molecule has 1 amide bonds. The van der Waals surface area contributed by atoms with Crippen LogP contribution < -0.4 is 15.4 Å². The first-order chi connectivity index (χ1) is 6.72. The summed E-state index contributed by atoms with van der Waals surface area (Å²) in [5, 5.41) is 0. The predicted octanol–water partition coefficient (Wildman–Crippen LogP) is 0.369. The van der Waals surface area contributed by atoms with Crippen LogP contribution in [0.5, 0.6) is 5.75 Å². The van der Waals surface area contributed by atoms with Gasteiger partial charge in [-0.15, -0.1) is 0 Å². The summed E-state index contributed by atoms with van der Waals surface area (Å²) in [7, 11) is 1.62. The van der Waals surface area contributed by atoms with Crippen LogP contribution in [0.1, 0.15) is 0 Å². The molecule has 1 heterocycles. The number of amides is 1. The van der Waals surface area contributed by atoms with E-state index in [1.54, 1.807) is 7.11 Å². The molecule has 0 saturated carbocycles. The quantitative estimate of drug-likeness (QED) is 0.704. The molecule has 4 heteroatoms. The van der Waals surface area contributed by atoms with Crippen molar-refractivity contribution in [2.75, 3.05) is 18.6 Å². The van der Waals surface area contributed by atoms with Gasteiger partial charge in [-0.3, -0.25) is 4.79 Å². The first kappa shape index (κ1) is 8.87. The van der Waals surface area contributed by atoms with Crippen molar-refractivity contribution >= 4 is 11.6 Å². The highest BCUT2D eigenvalue weighted by Gasteiger charge is 2.38. The molecule has 1 aliphatic rings. The summed E-state index contributed by atoms with van der Waals surface area (Å²) in [6.07, 6.45) is 0. The molecule has 1 unspecified atom stereocenters. The van der Waals surface area contributed by atoms with E-state index in [0.717, 1.165) is 18.0 Å². The first-order valence-corrected chi connectivity index (χ1v) is 4.42. The van der Waals surface area contributed by atoms with Crippen LogP contribution in [0.4, 0.5) is 5.69 Å². The van der Waals surface area contributed by atoms with Gasteiger partial charge in [0.15, 0.2) is 0 Å². The molecule has 0 radical (unpaired) electrons. The van der Waals surface area contributed by atoms with Gasteiger partial charge >= 0.3 is 0 Å². The minimum absolute atomic E-state index is 0.122. The Morgan fingerprint density at radius 1 is 1.50 bits per heavy atom. The summed E-state index contributed by atoms with van der Waals surface area (Å²) in [6, 6.07) is 7.45. The summed E-state index contributed by atoms with van der Waals surface area (Å²) >= 11 is 0. The Morgan fingerprint density at radius 2 is 2.14 bits per heavy atom. The van der Waals surface area contributed by atoms with Gasteiger partial charge in [0.2, 0.25) is 5.91 Å². The monoisotopic (exact) mass is 192 g/mol. The van der Waals surface area contributed by atoms with Gasteiger partial charge < -0.3 is 15.4 Å². The maximum Gasteiger partial charge on any atom is 0.241 e. The highest BCUT2D eigenvalue weighted by atomic mass is 16.5. The lowest BCUT2D eigenvalue weighted by atomic mass is 10.3. The second-order valence-electron chi connectivity index (χ2n) is 3.27. The number of benzene rings is 1. The lowest BCUT2D eigenvalue weighted by Gasteiger charge is -2.05. The van der Waals surface area contributed by atoms with E-state index < -0.39 is 0 Å². The third kappa shape index (κ3) is 1.51. The van der Waals surface area contributed by atoms with Gasteiger partial charge in [-0.25, -0.2) is 0 Å². The van der Waals surface area contributed by atoms with Crippen LogP contribution in [0.15, 0.2) is 24.3 Å². The summed E-state index contributed by atoms with van der Waals surface area (Å²) in [5.41, 5.74) is 6.19. The Morgan fingerprint density at radius 3 is 2.57 bits per heavy atom. The number of hydrogen-bond acceptors (Lipinski definition) is 3. The molecule has 0 aliphatic carbocycles. The first-order valence-electron chi connectivity index (χ1n) is 4.42. The van der Waals surface area contributed by atoms with Crippen LogP contribution in [0.3, 0.4) is 0 Å². The normalized spacial score (nSPS) is 19.2. The van der Waals surface area contributed by atoms with Crippen LogP contribution in [0.25, 0.3) is 0 Å². The van der Waals surface area contributed by atoms with Gasteiger partial charge in [0, 0.05) is 12.2 Å². The lowest BCUT2D eigenvalue weighted by Crippen LogP contribution is -2.21. The maximum absolute atomic E-state index is 10.8. The van der Waals surface area contributed by atoms with Crippen LogP contribution in [-0.2, 0) is 4.79 Å². The molecule has 0 spiro atoms. The number of carbonyl (C=O) groups is 1. The van der Waals surface area contributed by atoms with E-state index in [2.05, 4.69) is 0 Å². The third-order valence-electron chi connectivity index (χ3n) is 2.34. The molecule has 1 aromatic rings. The van der Waals surface area contributed by atoms with Crippen LogP contribution >= 0.6 is 0 Å². The molecular weight excluding hydrogens is 180 g/mol. The van der Waals surface area contributed by atoms with Crippen molar-refractivity contribution < 1.29 is 9.53 Å². The van der Waals surface area contributed by atoms with Crippen LogP contribution in [0.2, 0.25) is 0 Å². The number of carbonyl (C=O) groups excluding carboxylic acids is 1. The fraction of sp³-hybridized carbons (Fsp3) is 0.300. The lowest BCUT2D eigenvalue weighted by molar-refractivity contribution is -0.117. The number of ether oxygens (including phenoxy) is 1. The van der Waals surface area contributed by atoms with Gasteiger partial charge in [-0.1, -0.05) is 0 Å². The molecule has 0 aromatic heterocycles. The molecule has 1 fully saturated rings. The van der Waals surface area contributed by atoms with E-state index in [0.29, 0.717) is 0 Å². The molecule has 1 aromatic carbocycles. The van der Waals surface area contributed by atoms with E-state index in [1.807, 2.05) is 29.2 Å². The van der Waals surface area contributed by atoms with E-state index in [1.165, 1.54) is 0 Å². The van der Waals surface area contributed by atoms with Crippen molar-refractivity contribution in [1.29, 1.82) is 0 Å². The summed E-state index contributed by atoms with van der Waals surface area (Å²) in [4.78, 5) is 12.8. The fourth-order valence-electron chi connectivity index (χ4n) is 1.44. The smallest absolute Gasteiger partial charge is 0.241 e. The van der Waals surface area contributed by atoms with Crippen molar-refractivity contribution in [3.8, 4) is 5.75 Å². The third-order valence-corrected chi connectivity index (χ3v) is 2.34. The summed E-state index contributed by atoms with van der Waals surface area (Å²) in [5.74, 6) is 0.548. The average Bonchev–Trinajstić information content (AvgIpc) is 2.97. The molecule has 2 rings (SSSR count). The number of nitrogens with two attached hydrogens (primary N) is 1. The fourth-order valence-corrected chi connectivity index (χ4v) is 1.44. The molecule has 2 N–H and O–H groups in total. The number of rotatable bonds is 3. The number of primary amides is 1. The summed E-state index contributed by atoms with van der Waals surface area (Å²) < 4.78 is 5.03. The Balaban J connectivity index is 2.08. The summed E-state index contributed by atoms with van der Waals surface area (Å²) in [6.45, 7) is 0.724. The maximum atomic E-state index is 10.8. The van der Waals surface area contributed by atoms with Gasteiger partial charge in [0.25, 0.3) is 0 Å². The molecular formula is C10H12N2O2. The van der Waals surface area contributed by atoms with Gasteiger partial charge in [0.05, 0.1) is 7.11 Å². The van der Waals surface area contributed by atoms with Gasteiger partial charge in [0.1, 0.15) is 11.8 Å². The van der Waals surface area contributed by atoms with Crippen LogP contribution in [0, 0.1) is 0 Å². The Hall–Kier alpha value is -1.71. The topological polar surface area (TPSA) is 55.3 Å². The van der Waals surface area contributed by atoms with E-state index in [-0.39, 0.29) is 11.9 Å². The second kappa shape index (κ2) is 3.21. The second-order valence-corrected chi connectivity index (χ2v) is 3.27. The van der Waals surface area contributed by atoms with Crippen LogP contribution in [-0.4, -0.2) is 25.6 Å². The minimum Gasteiger partial charge on any atom is -0.497 e. The molecule has 1 aliphatic heterocycles. The zero-order valence-electron chi connectivity index (χ0n) is 7.93. The number of hydrogen-bond donors (Lipinski definition) is 1. The molecule has 4 nitrogen and oxygen atoms in total. The number of anilines is 1. The Labute approximate surface area is 82.3 Å². The van der Waals surface area contributed by atoms with E-state index in [9.17, 15) is 4.79 Å². The Bertz CT molecular complexity index is 348. The Kier molecular flexibility index (Phi) is 2.04. The van der Waals surface area contributed by atoms with Crippen molar-refractivity contribution in [2.24, 2.45) is 5.73 Å². The SMILES string of the molecule is COc1ccc(N2CC2C(N)=O)cc1. The highest BCUT2D eigenvalue weighted by Crippen LogP contribution is 2.28. The number of nitrogens with zero attached hydrogens (tertiary/aromatic N) is 1. The van der Waals surface area contributed by atoms with Crippen molar-refractivity contribution in [2.45, 2.75) is 6.04 Å².